The van der Waals surface area contributed by atoms with Gasteiger partial charge in [0.05, 0.1) is 29.2 Å². The number of benzene rings is 2. The van der Waals surface area contributed by atoms with Gasteiger partial charge in [-0.2, -0.15) is 0 Å². The Labute approximate surface area is 144 Å². The molecular weight excluding hydrogens is 322 g/mol. The van der Waals surface area contributed by atoms with Crippen LogP contribution in [0.15, 0.2) is 36.4 Å². The molecule has 3 rings (SSSR count). The number of nitrogens with one attached hydrogen (secondary N) is 1. The summed E-state index contributed by atoms with van der Waals surface area (Å²) >= 11 is 0. The Morgan fingerprint density at radius 1 is 1.20 bits per heavy atom. The minimum Gasteiger partial charge on any atom is -0.490 e. The van der Waals surface area contributed by atoms with Crippen molar-refractivity contribution in [1.29, 1.82) is 0 Å². The van der Waals surface area contributed by atoms with Crippen LogP contribution in [0.2, 0.25) is 0 Å². The Bertz CT molecular complexity index is 871. The first-order chi connectivity index (χ1) is 12.1. The number of fused-ring (bicyclic) bond motifs is 1. The molecule has 0 spiro atoms. The molecule has 130 valence electrons. The summed E-state index contributed by atoms with van der Waals surface area (Å²) in [7, 11) is 0. The van der Waals surface area contributed by atoms with Crippen molar-refractivity contribution < 1.29 is 14.4 Å². The zero-order valence-electron chi connectivity index (χ0n) is 14.1. The highest BCUT2D eigenvalue weighted by Gasteiger charge is 2.24. The Kier molecular flexibility index (Phi) is 4.83. The lowest BCUT2D eigenvalue weighted by Crippen LogP contribution is -2.04. The summed E-state index contributed by atoms with van der Waals surface area (Å²) in [6.45, 7) is 4.52. The van der Waals surface area contributed by atoms with Crippen LogP contribution in [0.4, 0.5) is 5.69 Å². The lowest BCUT2D eigenvalue weighted by molar-refractivity contribution is -0.385. The summed E-state index contributed by atoms with van der Waals surface area (Å²) in [5, 5.41) is 11.5. The molecule has 0 unspecified atom stereocenters. The van der Waals surface area contributed by atoms with E-state index in [9.17, 15) is 10.1 Å². The highest BCUT2D eigenvalue weighted by atomic mass is 16.6. The first-order valence-electron chi connectivity index (χ1n) is 8.17. The van der Waals surface area contributed by atoms with E-state index in [1.54, 1.807) is 6.07 Å². The Balaban J connectivity index is 2.14. The van der Waals surface area contributed by atoms with Gasteiger partial charge >= 0.3 is 5.69 Å². The lowest BCUT2D eigenvalue weighted by Gasteiger charge is -2.13. The van der Waals surface area contributed by atoms with Gasteiger partial charge in [0.1, 0.15) is 5.82 Å². The van der Waals surface area contributed by atoms with Crippen LogP contribution < -0.4 is 9.47 Å². The van der Waals surface area contributed by atoms with Gasteiger partial charge in [0, 0.05) is 11.6 Å². The summed E-state index contributed by atoms with van der Waals surface area (Å²) in [5.74, 6) is 1.06. The van der Waals surface area contributed by atoms with Gasteiger partial charge in [0.15, 0.2) is 5.75 Å². The van der Waals surface area contributed by atoms with Crippen LogP contribution in [0.5, 0.6) is 11.5 Å². The monoisotopic (exact) mass is 341 g/mol. The number of aromatic amines is 1. The number of hydrogen-bond donors (Lipinski definition) is 1. The molecule has 1 aromatic heterocycles. The molecule has 3 aromatic rings. The van der Waals surface area contributed by atoms with Gasteiger partial charge in [0.2, 0.25) is 5.75 Å². The quantitative estimate of drug-likeness (QED) is 0.510. The highest BCUT2D eigenvalue weighted by molar-refractivity contribution is 5.80. The fourth-order valence-electron chi connectivity index (χ4n) is 2.56. The molecule has 0 aliphatic heterocycles. The first-order valence-corrected chi connectivity index (χ1v) is 8.17. The fourth-order valence-corrected chi connectivity index (χ4v) is 2.56. The summed E-state index contributed by atoms with van der Waals surface area (Å²) in [4.78, 5) is 18.8. The molecule has 0 fully saturated rings. The number of nitro groups is 1. The average molecular weight is 341 g/mol. The normalized spacial score (nSPS) is 10.8. The highest BCUT2D eigenvalue weighted by Crippen LogP contribution is 2.41. The van der Waals surface area contributed by atoms with Crippen molar-refractivity contribution in [3.8, 4) is 22.9 Å². The molecule has 0 aliphatic carbocycles. The molecule has 0 amide bonds. The maximum Gasteiger partial charge on any atom is 0.315 e. The molecule has 2 aromatic carbocycles. The topological polar surface area (TPSA) is 90.3 Å². The average Bonchev–Trinajstić information content (AvgIpc) is 3.04. The predicted molar refractivity (Wildman–Crippen MR) is 95.1 cm³/mol. The van der Waals surface area contributed by atoms with Gasteiger partial charge < -0.3 is 14.5 Å². The van der Waals surface area contributed by atoms with Gasteiger partial charge in [-0.25, -0.2) is 4.98 Å². The van der Waals surface area contributed by atoms with Crippen LogP contribution in [0.3, 0.4) is 0 Å². The van der Waals surface area contributed by atoms with Crippen LogP contribution in [-0.4, -0.2) is 28.1 Å². The summed E-state index contributed by atoms with van der Waals surface area (Å²) < 4.78 is 11.2. The van der Waals surface area contributed by atoms with E-state index in [1.807, 2.05) is 38.1 Å². The molecule has 0 atom stereocenters. The van der Waals surface area contributed by atoms with Gasteiger partial charge in [-0.05, 0) is 31.5 Å². The van der Waals surface area contributed by atoms with Gasteiger partial charge in [-0.1, -0.05) is 19.1 Å². The number of hydrogen-bond acceptors (Lipinski definition) is 5. The summed E-state index contributed by atoms with van der Waals surface area (Å²) in [6.07, 6.45) is 0.744. The van der Waals surface area contributed by atoms with Crippen molar-refractivity contribution in [3.63, 3.8) is 0 Å². The van der Waals surface area contributed by atoms with E-state index in [-0.39, 0.29) is 11.4 Å². The van der Waals surface area contributed by atoms with Crippen LogP contribution >= 0.6 is 0 Å². The van der Waals surface area contributed by atoms with E-state index < -0.39 is 4.92 Å². The largest absolute Gasteiger partial charge is 0.490 e. The number of nitro benzene ring substituents is 1. The number of H-pyrrole nitrogens is 1. The molecule has 0 saturated heterocycles. The van der Waals surface area contributed by atoms with E-state index in [2.05, 4.69) is 9.97 Å². The zero-order valence-corrected chi connectivity index (χ0v) is 14.1. The van der Waals surface area contributed by atoms with Crippen molar-refractivity contribution in [3.05, 3.63) is 46.5 Å². The molecule has 0 saturated carbocycles. The van der Waals surface area contributed by atoms with E-state index in [0.717, 1.165) is 17.5 Å². The number of imidazole rings is 1. The first kappa shape index (κ1) is 16.8. The maximum atomic E-state index is 11.5. The molecule has 1 heterocycles. The third-order valence-electron chi connectivity index (χ3n) is 3.65. The van der Waals surface area contributed by atoms with Crippen molar-refractivity contribution in [2.45, 2.75) is 20.3 Å². The van der Waals surface area contributed by atoms with Gasteiger partial charge in [-0.3, -0.25) is 10.1 Å². The van der Waals surface area contributed by atoms with Crippen LogP contribution in [0.1, 0.15) is 20.3 Å². The second-order valence-corrected chi connectivity index (χ2v) is 5.46. The molecule has 7 nitrogen and oxygen atoms in total. The molecule has 0 aliphatic rings. The van der Waals surface area contributed by atoms with Crippen molar-refractivity contribution in [1.82, 2.24) is 9.97 Å². The van der Waals surface area contributed by atoms with Crippen LogP contribution in [0.25, 0.3) is 22.4 Å². The molecule has 1 N–H and O–H groups in total. The minimum atomic E-state index is -0.459. The smallest absolute Gasteiger partial charge is 0.315 e. The van der Waals surface area contributed by atoms with Crippen molar-refractivity contribution in [2.24, 2.45) is 0 Å². The minimum absolute atomic E-state index is 0.130. The third kappa shape index (κ3) is 3.40. The van der Waals surface area contributed by atoms with Crippen LogP contribution in [-0.2, 0) is 0 Å². The number of ether oxygens (including phenoxy) is 2. The molecule has 0 radical (unpaired) electrons. The Morgan fingerprint density at radius 2 is 2.00 bits per heavy atom. The number of rotatable bonds is 7. The molecule has 25 heavy (non-hydrogen) atoms. The van der Waals surface area contributed by atoms with Crippen molar-refractivity contribution >= 4 is 16.7 Å². The Hall–Kier alpha value is -3.09. The fraction of sp³-hybridized carbons (Fsp3) is 0.278. The molecular formula is C18H19N3O4. The second kappa shape index (κ2) is 7.21. The SMILES string of the molecule is CCCOc1c(OCC)cc(-c2nc3ccccc3[nH]2)cc1[N+](=O)[O-]. The van der Waals surface area contributed by atoms with E-state index in [0.29, 0.717) is 30.4 Å². The molecule has 7 heteroatoms. The van der Waals surface area contributed by atoms with Gasteiger partial charge in [-0.15, -0.1) is 0 Å². The number of aromatic nitrogens is 2. The predicted octanol–water partition coefficient (Wildman–Crippen LogP) is 4.33. The summed E-state index contributed by atoms with van der Waals surface area (Å²) in [6, 6.07) is 10.8. The lowest BCUT2D eigenvalue weighted by atomic mass is 10.1. The summed E-state index contributed by atoms with van der Waals surface area (Å²) in [5.41, 5.74) is 2.11. The number of nitrogens with zero attached hydrogens (tertiary/aromatic N) is 2. The third-order valence-corrected chi connectivity index (χ3v) is 3.65. The van der Waals surface area contributed by atoms with E-state index >= 15 is 0 Å². The van der Waals surface area contributed by atoms with Gasteiger partial charge in [0.25, 0.3) is 0 Å². The standard InChI is InChI=1S/C18H19N3O4/c1-3-9-25-17-15(21(22)23)10-12(11-16(17)24-4-2)18-19-13-7-5-6-8-14(13)20-18/h5-8,10-11H,3-4,9H2,1-2H3,(H,19,20). The maximum absolute atomic E-state index is 11.5. The second-order valence-electron chi connectivity index (χ2n) is 5.46. The van der Waals surface area contributed by atoms with E-state index in [4.69, 9.17) is 9.47 Å². The van der Waals surface area contributed by atoms with Crippen molar-refractivity contribution in [2.75, 3.05) is 13.2 Å². The number of para-hydroxylation sites is 2. The zero-order chi connectivity index (χ0) is 17.8. The molecule has 0 bridgehead atoms. The van der Waals surface area contributed by atoms with E-state index in [1.165, 1.54) is 6.07 Å². The Morgan fingerprint density at radius 3 is 2.68 bits per heavy atom. The van der Waals surface area contributed by atoms with Crippen LogP contribution in [0, 0.1) is 10.1 Å².